The van der Waals surface area contributed by atoms with E-state index in [2.05, 4.69) is 21.5 Å². The van der Waals surface area contributed by atoms with Crippen molar-refractivity contribution in [2.75, 3.05) is 18.4 Å². The Kier molecular flexibility index (Phi) is 5.92. The molecule has 5 rings (SSSR count). The van der Waals surface area contributed by atoms with Gasteiger partial charge in [0.1, 0.15) is 0 Å². The number of hydrogen-bond donors (Lipinski definition) is 1. The standard InChI is InChI=1S/C25H25N5O2S/c1-17-14-21(22-15-26-30(23(22)27-17)16-20-8-5-13-33-20)25(32)29-11-9-18(10-12-29)24(31)28-19-6-3-2-4-7-19/h2-8,13-15,18H,9-12,16H2,1H3,(H,28,31). The van der Waals surface area contributed by atoms with Crippen LogP contribution in [0.15, 0.2) is 60.1 Å². The van der Waals surface area contributed by atoms with Gasteiger partial charge in [0.15, 0.2) is 5.65 Å². The minimum atomic E-state index is -0.0954. The molecule has 0 aliphatic carbocycles. The molecule has 1 saturated heterocycles. The molecule has 1 aliphatic heterocycles. The summed E-state index contributed by atoms with van der Waals surface area (Å²) in [5.74, 6) is -0.101. The molecule has 0 atom stereocenters. The van der Waals surface area contributed by atoms with Gasteiger partial charge in [-0.1, -0.05) is 24.3 Å². The van der Waals surface area contributed by atoms with Crippen LogP contribution in [0.3, 0.4) is 0 Å². The monoisotopic (exact) mass is 459 g/mol. The lowest BCUT2D eigenvalue weighted by atomic mass is 9.95. The maximum Gasteiger partial charge on any atom is 0.254 e. The number of nitrogens with one attached hydrogen (secondary N) is 1. The highest BCUT2D eigenvalue weighted by Gasteiger charge is 2.29. The molecule has 1 fully saturated rings. The van der Waals surface area contributed by atoms with Crippen molar-refractivity contribution in [3.8, 4) is 0 Å². The van der Waals surface area contributed by atoms with Crippen molar-refractivity contribution in [2.45, 2.75) is 26.3 Å². The fourth-order valence-electron chi connectivity index (χ4n) is 4.30. The maximum atomic E-state index is 13.4. The molecule has 0 bridgehead atoms. The predicted molar refractivity (Wildman–Crippen MR) is 129 cm³/mol. The lowest BCUT2D eigenvalue weighted by Gasteiger charge is -2.31. The van der Waals surface area contributed by atoms with Gasteiger partial charge in [-0.2, -0.15) is 5.10 Å². The predicted octanol–water partition coefficient (Wildman–Crippen LogP) is 4.34. The number of rotatable bonds is 5. The highest BCUT2D eigenvalue weighted by atomic mass is 32.1. The number of amides is 2. The molecule has 33 heavy (non-hydrogen) atoms. The lowest BCUT2D eigenvalue weighted by Crippen LogP contribution is -2.41. The summed E-state index contributed by atoms with van der Waals surface area (Å²) in [6.07, 6.45) is 3.03. The average Bonchev–Trinajstić information content (AvgIpc) is 3.49. The van der Waals surface area contributed by atoms with E-state index in [0.29, 0.717) is 38.0 Å². The normalized spacial score (nSPS) is 14.5. The van der Waals surface area contributed by atoms with Crippen molar-refractivity contribution in [2.24, 2.45) is 5.92 Å². The van der Waals surface area contributed by atoms with Gasteiger partial charge in [0.05, 0.1) is 23.7 Å². The molecule has 0 radical (unpaired) electrons. The molecule has 1 N–H and O–H groups in total. The first-order valence-corrected chi connectivity index (χ1v) is 12.0. The zero-order valence-corrected chi connectivity index (χ0v) is 19.2. The SMILES string of the molecule is Cc1cc(C(=O)N2CCC(C(=O)Nc3ccccc3)CC2)c2cnn(Cc3cccs3)c2n1. The summed E-state index contributed by atoms with van der Waals surface area (Å²) >= 11 is 1.67. The fraction of sp³-hybridized carbons (Fsp3) is 0.280. The summed E-state index contributed by atoms with van der Waals surface area (Å²) in [5, 5.41) is 10.3. The number of nitrogens with zero attached hydrogens (tertiary/aromatic N) is 4. The van der Waals surface area contributed by atoms with Crippen LogP contribution < -0.4 is 5.32 Å². The Morgan fingerprint density at radius 3 is 2.64 bits per heavy atom. The van der Waals surface area contributed by atoms with Crippen LogP contribution >= 0.6 is 11.3 Å². The first kappa shape index (κ1) is 21.3. The summed E-state index contributed by atoms with van der Waals surface area (Å²) in [5.41, 5.74) is 2.94. The van der Waals surface area contributed by atoms with Gasteiger partial charge in [-0.05, 0) is 49.4 Å². The van der Waals surface area contributed by atoms with E-state index in [1.165, 1.54) is 4.88 Å². The third-order valence-electron chi connectivity index (χ3n) is 6.05. The quantitative estimate of drug-likeness (QED) is 0.481. The van der Waals surface area contributed by atoms with Crippen molar-refractivity contribution >= 4 is 39.9 Å². The highest BCUT2D eigenvalue weighted by Crippen LogP contribution is 2.25. The molecule has 168 valence electrons. The summed E-state index contributed by atoms with van der Waals surface area (Å²) in [6.45, 7) is 3.64. The topological polar surface area (TPSA) is 80.1 Å². The fourth-order valence-corrected chi connectivity index (χ4v) is 4.98. The van der Waals surface area contributed by atoms with Gasteiger partial charge < -0.3 is 10.2 Å². The number of para-hydroxylation sites is 1. The number of thiophene rings is 1. The number of carbonyl (C=O) groups is 2. The van der Waals surface area contributed by atoms with Gasteiger partial charge in [0, 0.05) is 35.3 Å². The Balaban J connectivity index is 1.29. The lowest BCUT2D eigenvalue weighted by molar-refractivity contribution is -0.121. The number of carbonyl (C=O) groups excluding carboxylic acids is 2. The van der Waals surface area contributed by atoms with E-state index in [4.69, 9.17) is 0 Å². The third-order valence-corrected chi connectivity index (χ3v) is 6.91. The largest absolute Gasteiger partial charge is 0.339 e. The number of likely N-dealkylation sites (tertiary alicyclic amines) is 1. The number of piperidine rings is 1. The maximum absolute atomic E-state index is 13.4. The number of benzene rings is 1. The van der Waals surface area contributed by atoms with Gasteiger partial charge in [-0.15, -0.1) is 11.3 Å². The summed E-state index contributed by atoms with van der Waals surface area (Å²) in [6, 6.07) is 15.4. The van der Waals surface area contributed by atoms with Crippen LogP contribution in [-0.2, 0) is 11.3 Å². The first-order valence-electron chi connectivity index (χ1n) is 11.1. The van der Waals surface area contributed by atoms with Gasteiger partial charge in [-0.25, -0.2) is 9.67 Å². The molecule has 2 amide bonds. The molecule has 4 heterocycles. The van der Waals surface area contributed by atoms with Crippen LogP contribution in [0, 0.1) is 12.8 Å². The average molecular weight is 460 g/mol. The third kappa shape index (κ3) is 4.52. The first-order chi connectivity index (χ1) is 16.1. The second-order valence-corrected chi connectivity index (χ2v) is 9.38. The smallest absolute Gasteiger partial charge is 0.254 e. The Labute approximate surface area is 196 Å². The van der Waals surface area contributed by atoms with Crippen LogP contribution in [0.25, 0.3) is 11.0 Å². The second kappa shape index (κ2) is 9.15. The van der Waals surface area contributed by atoms with Crippen molar-refractivity contribution in [1.82, 2.24) is 19.7 Å². The van der Waals surface area contributed by atoms with Crippen molar-refractivity contribution < 1.29 is 9.59 Å². The molecule has 7 nitrogen and oxygen atoms in total. The number of aryl methyl sites for hydroxylation is 1. The zero-order valence-electron chi connectivity index (χ0n) is 18.4. The summed E-state index contributed by atoms with van der Waals surface area (Å²) in [7, 11) is 0. The minimum Gasteiger partial charge on any atom is -0.339 e. The van der Waals surface area contributed by atoms with Crippen LogP contribution in [0.5, 0.6) is 0 Å². The molecule has 0 spiro atoms. The molecule has 0 saturated carbocycles. The molecular formula is C25H25N5O2S. The number of aromatic nitrogens is 3. The van der Waals surface area contributed by atoms with Crippen LogP contribution in [0.4, 0.5) is 5.69 Å². The van der Waals surface area contributed by atoms with Crippen LogP contribution in [-0.4, -0.2) is 44.6 Å². The van der Waals surface area contributed by atoms with Crippen LogP contribution in [0.1, 0.15) is 33.8 Å². The Bertz CT molecular complexity index is 1280. The van der Waals surface area contributed by atoms with Gasteiger partial charge >= 0.3 is 0 Å². The van der Waals surface area contributed by atoms with E-state index in [9.17, 15) is 9.59 Å². The molecule has 1 aromatic carbocycles. The number of pyridine rings is 1. The molecular weight excluding hydrogens is 434 g/mol. The number of fused-ring (bicyclic) bond motifs is 1. The van der Waals surface area contributed by atoms with Crippen LogP contribution in [0.2, 0.25) is 0 Å². The highest BCUT2D eigenvalue weighted by molar-refractivity contribution is 7.09. The van der Waals surface area contributed by atoms with E-state index < -0.39 is 0 Å². The van der Waals surface area contributed by atoms with Gasteiger partial charge in [0.25, 0.3) is 5.91 Å². The van der Waals surface area contributed by atoms with E-state index in [1.807, 2.05) is 64.4 Å². The van der Waals surface area contributed by atoms with Gasteiger partial charge in [0.2, 0.25) is 5.91 Å². The minimum absolute atomic E-state index is 0.0188. The Morgan fingerprint density at radius 2 is 1.91 bits per heavy atom. The zero-order chi connectivity index (χ0) is 22.8. The molecule has 1 aliphatic rings. The van der Waals surface area contributed by atoms with Crippen molar-refractivity contribution in [3.63, 3.8) is 0 Å². The Morgan fingerprint density at radius 1 is 1.12 bits per heavy atom. The summed E-state index contributed by atoms with van der Waals surface area (Å²) < 4.78 is 1.85. The molecule has 3 aromatic heterocycles. The van der Waals surface area contributed by atoms with Crippen molar-refractivity contribution in [3.05, 3.63) is 76.2 Å². The van der Waals surface area contributed by atoms with E-state index in [0.717, 1.165) is 22.4 Å². The van der Waals surface area contributed by atoms with E-state index in [1.54, 1.807) is 17.5 Å². The molecule has 8 heteroatoms. The summed E-state index contributed by atoms with van der Waals surface area (Å²) in [4.78, 5) is 33.7. The van der Waals surface area contributed by atoms with E-state index in [-0.39, 0.29) is 17.7 Å². The second-order valence-electron chi connectivity index (χ2n) is 8.35. The molecule has 0 unspecified atom stereocenters. The Hall–Kier alpha value is -3.52. The number of hydrogen-bond acceptors (Lipinski definition) is 5. The van der Waals surface area contributed by atoms with E-state index >= 15 is 0 Å². The van der Waals surface area contributed by atoms with Gasteiger partial charge in [-0.3, -0.25) is 9.59 Å². The van der Waals surface area contributed by atoms with Crippen molar-refractivity contribution in [1.29, 1.82) is 0 Å². The molecule has 4 aromatic rings. The number of anilines is 1.